The van der Waals surface area contributed by atoms with Gasteiger partial charge in [-0.15, -0.1) is 0 Å². The molecule has 1 saturated heterocycles. The molecule has 0 amide bonds. The highest BCUT2D eigenvalue weighted by Crippen LogP contribution is 2.65. The Morgan fingerprint density at radius 3 is 2.29 bits per heavy atom. The van der Waals surface area contributed by atoms with Crippen molar-refractivity contribution < 1.29 is 23.0 Å². The van der Waals surface area contributed by atoms with Crippen molar-refractivity contribution in [1.29, 1.82) is 0 Å². The summed E-state index contributed by atoms with van der Waals surface area (Å²) in [5.41, 5.74) is 0.0856. The van der Waals surface area contributed by atoms with E-state index in [0.717, 1.165) is 26.2 Å². The molecule has 3 nitrogen and oxygen atoms in total. The predicted octanol–water partition coefficient (Wildman–Crippen LogP) is 3.23. The average molecular weight is 302 g/mol. The molecular weight excluding hydrogens is 278 g/mol. The summed E-state index contributed by atoms with van der Waals surface area (Å²) < 4.78 is 43.4. The third-order valence-electron chi connectivity index (χ3n) is 5.96. The van der Waals surface area contributed by atoms with Crippen molar-refractivity contribution in [3.63, 3.8) is 0 Å². The van der Waals surface area contributed by atoms with Crippen LogP contribution in [0.2, 0.25) is 0 Å². The van der Waals surface area contributed by atoms with Gasteiger partial charge in [-0.3, -0.25) is 0 Å². The summed E-state index contributed by atoms with van der Waals surface area (Å²) in [6.07, 6.45) is 5.49. The summed E-state index contributed by atoms with van der Waals surface area (Å²) in [6.45, 7) is 2.32. The van der Waals surface area contributed by atoms with E-state index in [-0.39, 0.29) is 11.2 Å². The Kier molecular flexibility index (Phi) is 3.15. The van der Waals surface area contributed by atoms with E-state index in [2.05, 4.69) is 0 Å². The molecule has 4 bridgehead atoms. The minimum absolute atomic E-state index is 0.0856. The molecule has 0 aromatic rings. The number of hydrogen-bond donors (Lipinski definition) is 0. The smallest absolute Gasteiger partial charge is 0.268 e. The zero-order chi connectivity index (χ0) is 14.7. The van der Waals surface area contributed by atoms with Gasteiger partial charge >= 0.3 is 0 Å². The normalized spacial score (nSPS) is 43.9. The molecule has 5 heteroatoms. The first-order valence-corrected chi connectivity index (χ1v) is 8.14. The van der Waals surface area contributed by atoms with Crippen LogP contribution in [0.4, 0.5) is 8.78 Å². The molecular formula is C16H24F2O3. The molecule has 0 radical (unpaired) electrons. The van der Waals surface area contributed by atoms with Crippen LogP contribution in [0, 0.1) is 23.2 Å². The van der Waals surface area contributed by atoms with Crippen LogP contribution in [0.5, 0.6) is 0 Å². The van der Waals surface area contributed by atoms with Crippen LogP contribution in [0.25, 0.3) is 0 Å². The molecule has 0 N–H and O–H groups in total. The van der Waals surface area contributed by atoms with Gasteiger partial charge in [-0.2, -0.15) is 0 Å². The topological polar surface area (TPSA) is 27.7 Å². The van der Waals surface area contributed by atoms with E-state index in [1.165, 1.54) is 12.8 Å². The van der Waals surface area contributed by atoms with Gasteiger partial charge in [0.2, 0.25) is 0 Å². The van der Waals surface area contributed by atoms with Crippen LogP contribution in [0.1, 0.15) is 39.0 Å². The van der Waals surface area contributed by atoms with Crippen molar-refractivity contribution in [3.05, 3.63) is 0 Å². The van der Waals surface area contributed by atoms with Crippen molar-refractivity contribution in [3.8, 4) is 0 Å². The summed E-state index contributed by atoms with van der Waals surface area (Å²) in [7, 11) is 0. The lowest BCUT2D eigenvalue weighted by molar-refractivity contribution is -0.307. The molecule has 5 aliphatic rings. The zero-order valence-electron chi connectivity index (χ0n) is 12.6. The number of ether oxygens (including phenoxy) is 3. The maximum Gasteiger partial charge on any atom is 0.268 e. The highest BCUT2D eigenvalue weighted by Gasteiger charge is 2.64. The lowest BCUT2D eigenvalue weighted by Gasteiger charge is -2.62. The van der Waals surface area contributed by atoms with Crippen molar-refractivity contribution in [2.24, 2.45) is 23.2 Å². The molecule has 1 aliphatic heterocycles. The second kappa shape index (κ2) is 4.62. The molecule has 5 rings (SSSR count). The summed E-state index contributed by atoms with van der Waals surface area (Å²) in [5.74, 6) is -1.53. The van der Waals surface area contributed by atoms with Crippen molar-refractivity contribution in [1.82, 2.24) is 0 Å². The molecule has 21 heavy (non-hydrogen) atoms. The molecule has 0 aromatic heterocycles. The molecule has 1 heterocycles. The SMILES string of the molecule is CC(F)(F)COCC12CC3CC(C1)C1(OCCO1)C(C3)C2. The Bertz CT molecular complexity index is 396. The van der Waals surface area contributed by atoms with Gasteiger partial charge in [0.05, 0.1) is 19.8 Å². The Balaban J connectivity index is 1.47. The van der Waals surface area contributed by atoms with Gasteiger partial charge in [-0.1, -0.05) is 0 Å². The summed E-state index contributed by atoms with van der Waals surface area (Å²) in [6, 6.07) is 0. The third kappa shape index (κ3) is 2.32. The molecule has 0 aromatic carbocycles. The lowest BCUT2D eigenvalue weighted by atomic mass is 9.47. The van der Waals surface area contributed by atoms with E-state index in [1.54, 1.807) is 0 Å². The first kappa shape index (κ1) is 14.3. The van der Waals surface area contributed by atoms with Crippen LogP contribution >= 0.6 is 0 Å². The maximum absolute atomic E-state index is 13.0. The fourth-order valence-corrected chi connectivity index (χ4v) is 5.63. The van der Waals surface area contributed by atoms with Crippen LogP contribution in [0.3, 0.4) is 0 Å². The Labute approximate surface area is 124 Å². The lowest BCUT2D eigenvalue weighted by Crippen LogP contribution is -2.62. The fraction of sp³-hybridized carbons (Fsp3) is 1.00. The number of rotatable bonds is 4. The quantitative estimate of drug-likeness (QED) is 0.798. The molecule has 4 aliphatic carbocycles. The van der Waals surface area contributed by atoms with E-state index >= 15 is 0 Å². The minimum Gasteiger partial charge on any atom is -0.375 e. The minimum atomic E-state index is -2.73. The monoisotopic (exact) mass is 302 g/mol. The summed E-state index contributed by atoms with van der Waals surface area (Å²) in [5, 5.41) is 0. The number of hydrogen-bond acceptors (Lipinski definition) is 3. The van der Waals surface area contributed by atoms with Gasteiger partial charge in [0, 0.05) is 18.8 Å². The average Bonchev–Trinajstić information content (AvgIpc) is 2.84. The van der Waals surface area contributed by atoms with E-state index < -0.39 is 12.5 Å². The first-order valence-electron chi connectivity index (χ1n) is 8.14. The third-order valence-corrected chi connectivity index (χ3v) is 5.96. The van der Waals surface area contributed by atoms with Gasteiger partial charge in [0.25, 0.3) is 5.92 Å². The van der Waals surface area contributed by atoms with Gasteiger partial charge in [-0.25, -0.2) is 8.78 Å². The van der Waals surface area contributed by atoms with Gasteiger partial charge in [0.15, 0.2) is 5.79 Å². The first-order chi connectivity index (χ1) is 9.91. The highest BCUT2D eigenvalue weighted by molar-refractivity contribution is 5.10. The van der Waals surface area contributed by atoms with E-state index in [4.69, 9.17) is 14.2 Å². The molecule has 2 atom stereocenters. The standard InChI is InChI=1S/C16H24F2O3/c1-14(17,18)9-19-10-15-6-11-4-12(7-15)16(13(5-11)8-15)20-2-3-21-16/h11-13H,2-10H2,1H3. The molecule has 2 unspecified atom stereocenters. The van der Waals surface area contributed by atoms with Crippen LogP contribution < -0.4 is 0 Å². The van der Waals surface area contributed by atoms with E-state index in [9.17, 15) is 8.78 Å². The molecule has 4 saturated carbocycles. The van der Waals surface area contributed by atoms with Crippen molar-refractivity contribution in [2.75, 3.05) is 26.4 Å². The predicted molar refractivity (Wildman–Crippen MR) is 72.1 cm³/mol. The number of halogens is 2. The molecule has 1 spiro atoms. The van der Waals surface area contributed by atoms with Gasteiger partial charge in [0.1, 0.15) is 6.61 Å². The Morgan fingerprint density at radius 2 is 1.71 bits per heavy atom. The van der Waals surface area contributed by atoms with Crippen LogP contribution in [-0.4, -0.2) is 38.1 Å². The summed E-state index contributed by atoms with van der Waals surface area (Å²) >= 11 is 0. The largest absolute Gasteiger partial charge is 0.375 e. The fourth-order valence-electron chi connectivity index (χ4n) is 5.63. The van der Waals surface area contributed by atoms with Crippen molar-refractivity contribution >= 4 is 0 Å². The zero-order valence-corrected chi connectivity index (χ0v) is 12.6. The Morgan fingerprint density at radius 1 is 1.10 bits per heavy atom. The van der Waals surface area contributed by atoms with Crippen molar-refractivity contribution in [2.45, 2.75) is 50.7 Å². The van der Waals surface area contributed by atoms with Gasteiger partial charge < -0.3 is 14.2 Å². The van der Waals surface area contributed by atoms with Crippen LogP contribution in [-0.2, 0) is 14.2 Å². The van der Waals surface area contributed by atoms with Gasteiger partial charge in [-0.05, 0) is 43.4 Å². The second-order valence-corrected chi connectivity index (χ2v) is 7.82. The van der Waals surface area contributed by atoms with Crippen LogP contribution in [0.15, 0.2) is 0 Å². The molecule has 5 fully saturated rings. The molecule has 120 valence electrons. The van der Waals surface area contributed by atoms with E-state index in [0.29, 0.717) is 37.6 Å². The highest BCUT2D eigenvalue weighted by atomic mass is 19.3. The summed E-state index contributed by atoms with van der Waals surface area (Å²) in [4.78, 5) is 0. The second-order valence-electron chi connectivity index (χ2n) is 7.82. The Hall–Kier alpha value is -0.260. The number of alkyl halides is 2. The van der Waals surface area contributed by atoms with E-state index in [1.807, 2.05) is 0 Å². The maximum atomic E-state index is 13.0.